The maximum atomic E-state index is 10.8. The quantitative estimate of drug-likeness (QED) is 0.546. The first-order chi connectivity index (χ1) is 5.24. The zero-order valence-electron chi connectivity index (χ0n) is 6.07. The van der Waals surface area contributed by atoms with E-state index >= 15 is 0 Å². The Morgan fingerprint density at radius 2 is 2.36 bits per heavy atom. The molecule has 54 valence electrons. The third-order valence-electron chi connectivity index (χ3n) is 1.20. The topological polar surface area (TPSA) is 39.2 Å². The summed E-state index contributed by atoms with van der Waals surface area (Å²) in [6.07, 6.45) is 0. The molecule has 0 amide bonds. The summed E-state index contributed by atoms with van der Waals surface area (Å²) in [4.78, 5) is 14.6. The van der Waals surface area contributed by atoms with Crippen LogP contribution in [0.2, 0.25) is 0 Å². The summed E-state index contributed by atoms with van der Waals surface area (Å²) in [5.41, 5.74) is 0.986. The van der Waals surface area contributed by atoms with Crippen LogP contribution in [0.1, 0.15) is 16.2 Å². The number of nitrogens with zero attached hydrogens (tertiary/aromatic N) is 1. The summed E-state index contributed by atoms with van der Waals surface area (Å²) >= 11 is 0. The summed E-state index contributed by atoms with van der Waals surface area (Å²) in [6.45, 7) is 1.79. The van der Waals surface area contributed by atoms with Gasteiger partial charge in [-0.2, -0.15) is 0 Å². The summed E-state index contributed by atoms with van der Waals surface area (Å²) in [7, 11) is 4.66. The zero-order chi connectivity index (χ0) is 8.27. The number of carbonyl (C=O) groups is 1. The van der Waals surface area contributed by atoms with Gasteiger partial charge in [0.15, 0.2) is 0 Å². The second-order valence-electron chi connectivity index (χ2n) is 2.07. The summed E-state index contributed by atoms with van der Waals surface area (Å²) in [5, 5.41) is 0. The number of carbonyl (C=O) groups excluding carboxylic acids is 1. The van der Waals surface area contributed by atoms with Gasteiger partial charge in [0.1, 0.15) is 5.69 Å². The molecule has 0 spiro atoms. The fourth-order valence-corrected chi connectivity index (χ4v) is 0.717. The molecule has 0 aliphatic carbocycles. The van der Waals surface area contributed by atoms with Crippen molar-refractivity contribution >= 4 is 14.0 Å². The predicted octanol–water partition coefficient (Wildman–Crippen LogP) is 0.630. The van der Waals surface area contributed by atoms with E-state index in [1.54, 1.807) is 25.1 Å². The molecule has 4 heteroatoms. The monoisotopic (exact) mass is 147 g/mol. The third-order valence-corrected chi connectivity index (χ3v) is 1.20. The normalized spacial score (nSPS) is 9.18. The van der Waals surface area contributed by atoms with Gasteiger partial charge in [-0.05, 0) is 19.1 Å². The number of rotatable bonds is 1. The van der Waals surface area contributed by atoms with E-state index in [0.717, 1.165) is 5.69 Å². The minimum atomic E-state index is -0.617. The van der Waals surface area contributed by atoms with E-state index in [2.05, 4.69) is 17.7 Å². The van der Waals surface area contributed by atoms with Crippen molar-refractivity contribution in [2.45, 2.75) is 6.92 Å². The van der Waals surface area contributed by atoms with Crippen LogP contribution < -0.4 is 0 Å². The van der Waals surface area contributed by atoms with Gasteiger partial charge in [0.25, 0.3) is 0 Å². The van der Waals surface area contributed by atoms with Gasteiger partial charge in [-0.1, -0.05) is 6.07 Å². The Hall–Kier alpha value is -1.32. The first kappa shape index (κ1) is 7.79. The molecule has 1 aromatic heterocycles. The maximum absolute atomic E-state index is 10.8. The minimum absolute atomic E-state index is 0.229. The molecular weight excluding hydrogens is 141 g/mol. The maximum Gasteiger partial charge on any atom is 0.378 e. The lowest BCUT2D eigenvalue weighted by atomic mass is 10.3. The molecule has 1 aromatic rings. The van der Waals surface area contributed by atoms with E-state index < -0.39 is 5.97 Å². The highest BCUT2D eigenvalue weighted by Gasteiger charge is 2.04. The van der Waals surface area contributed by atoms with Gasteiger partial charge < -0.3 is 4.65 Å². The lowest BCUT2D eigenvalue weighted by Gasteiger charge is -1.98. The van der Waals surface area contributed by atoms with E-state index in [1.807, 2.05) is 0 Å². The minimum Gasteiger partial charge on any atom is -0.539 e. The van der Waals surface area contributed by atoms with Crippen LogP contribution in [0, 0.1) is 6.92 Å². The van der Waals surface area contributed by atoms with Gasteiger partial charge in [0.05, 0.1) is 0 Å². The van der Waals surface area contributed by atoms with Crippen molar-refractivity contribution in [3.05, 3.63) is 29.6 Å². The second-order valence-corrected chi connectivity index (χ2v) is 2.07. The van der Waals surface area contributed by atoms with E-state index in [4.69, 9.17) is 0 Å². The van der Waals surface area contributed by atoms with Crippen molar-refractivity contribution in [2.24, 2.45) is 0 Å². The van der Waals surface area contributed by atoms with E-state index in [0.29, 0.717) is 0 Å². The molecule has 0 N–H and O–H groups in total. The first-order valence-electron chi connectivity index (χ1n) is 3.09. The van der Waals surface area contributed by atoms with E-state index in [-0.39, 0.29) is 5.69 Å². The van der Waals surface area contributed by atoms with Crippen LogP contribution in [0.25, 0.3) is 0 Å². The lowest BCUT2D eigenvalue weighted by Crippen LogP contribution is -2.05. The molecule has 0 saturated carbocycles. The first-order valence-corrected chi connectivity index (χ1v) is 3.09. The van der Waals surface area contributed by atoms with Crippen LogP contribution in [-0.2, 0) is 4.65 Å². The van der Waals surface area contributed by atoms with Crippen molar-refractivity contribution in [2.75, 3.05) is 0 Å². The van der Waals surface area contributed by atoms with Crippen molar-refractivity contribution < 1.29 is 9.45 Å². The molecule has 1 heterocycles. The van der Waals surface area contributed by atoms with Crippen LogP contribution in [0.15, 0.2) is 18.2 Å². The standard InChI is InChI=1S/C7H6BNO2/c1-5-3-2-4-6(9-5)7(10)11-8/h2-4H,1H3. The Balaban J connectivity index is 2.96. The predicted molar refractivity (Wildman–Crippen MR) is 40.1 cm³/mol. The van der Waals surface area contributed by atoms with Gasteiger partial charge in [-0.15, -0.1) is 0 Å². The molecule has 0 fully saturated rings. The molecule has 0 aliphatic rings. The van der Waals surface area contributed by atoms with Gasteiger partial charge in [-0.25, -0.2) is 9.78 Å². The molecule has 0 unspecified atom stereocenters. The van der Waals surface area contributed by atoms with E-state index in [1.165, 1.54) is 0 Å². The number of pyridine rings is 1. The largest absolute Gasteiger partial charge is 0.539 e. The Bertz CT molecular complexity index is 275. The lowest BCUT2D eigenvalue weighted by molar-refractivity contribution is 0.0743. The highest BCUT2D eigenvalue weighted by molar-refractivity contribution is 6.08. The molecule has 2 radical (unpaired) electrons. The summed E-state index contributed by atoms with van der Waals surface area (Å²) in [5.74, 6) is -0.617. The van der Waals surface area contributed by atoms with E-state index in [9.17, 15) is 4.79 Å². The Labute approximate surface area is 65.8 Å². The number of aryl methyl sites for hydroxylation is 1. The number of hydrogen-bond acceptors (Lipinski definition) is 3. The van der Waals surface area contributed by atoms with Crippen LogP contribution >= 0.6 is 0 Å². The van der Waals surface area contributed by atoms with Crippen molar-refractivity contribution in [1.29, 1.82) is 0 Å². The molecule has 0 aromatic carbocycles. The average molecular weight is 147 g/mol. The molecule has 3 nitrogen and oxygen atoms in total. The molecule has 0 saturated heterocycles. The second kappa shape index (κ2) is 3.19. The Morgan fingerprint density at radius 1 is 1.64 bits per heavy atom. The van der Waals surface area contributed by atoms with Crippen LogP contribution in [0.4, 0.5) is 0 Å². The molecule has 0 atom stereocenters. The average Bonchev–Trinajstić information content (AvgIpc) is 2.03. The fourth-order valence-electron chi connectivity index (χ4n) is 0.717. The van der Waals surface area contributed by atoms with Crippen LogP contribution in [0.3, 0.4) is 0 Å². The van der Waals surface area contributed by atoms with Gasteiger partial charge in [0, 0.05) is 5.69 Å². The van der Waals surface area contributed by atoms with Crippen LogP contribution in [0.5, 0.6) is 0 Å². The Kier molecular flexibility index (Phi) is 2.26. The zero-order valence-corrected chi connectivity index (χ0v) is 6.07. The molecule has 11 heavy (non-hydrogen) atoms. The highest BCUT2D eigenvalue weighted by Crippen LogP contribution is 1.98. The number of aromatic nitrogens is 1. The highest BCUT2D eigenvalue weighted by atomic mass is 16.5. The molecule has 1 rings (SSSR count). The van der Waals surface area contributed by atoms with Gasteiger partial charge in [-0.3, -0.25) is 0 Å². The van der Waals surface area contributed by atoms with Crippen molar-refractivity contribution in [3.8, 4) is 0 Å². The van der Waals surface area contributed by atoms with Gasteiger partial charge >= 0.3 is 14.0 Å². The summed E-state index contributed by atoms with van der Waals surface area (Å²) < 4.78 is 3.99. The fraction of sp³-hybridized carbons (Fsp3) is 0.143. The van der Waals surface area contributed by atoms with Gasteiger partial charge in [0.2, 0.25) is 0 Å². The molecular formula is C7H6BNO2. The number of hydrogen-bond donors (Lipinski definition) is 0. The SMILES string of the molecule is [B]OC(=O)c1cccc(C)n1. The molecule has 0 aliphatic heterocycles. The molecule has 0 bridgehead atoms. The third kappa shape index (κ3) is 1.80. The summed E-state index contributed by atoms with van der Waals surface area (Å²) in [6, 6.07) is 5.05. The van der Waals surface area contributed by atoms with Crippen molar-refractivity contribution in [3.63, 3.8) is 0 Å². The van der Waals surface area contributed by atoms with Crippen LogP contribution in [-0.4, -0.2) is 19.0 Å². The Morgan fingerprint density at radius 3 is 2.91 bits per heavy atom. The smallest absolute Gasteiger partial charge is 0.378 e. The van der Waals surface area contributed by atoms with Crippen molar-refractivity contribution in [1.82, 2.24) is 4.98 Å².